The number of benzene rings is 16. The second-order valence-electron chi connectivity index (χ2n) is 24.3. The number of hydrogen-bond donors (Lipinski definition) is 0. The molecule has 0 spiro atoms. The molecule has 2 nitrogen and oxygen atoms in total. The van der Waals surface area contributed by atoms with Gasteiger partial charge in [-0.15, -0.1) is 0 Å². The SMILES string of the molecule is CC(C)c1ccc(-c2ccccc2-c2ccc3c(c2)oc2ccc(-c4c5ccccc5c(-c5ccccc5)c5ccccc45)cc23)cc1.[2H]c1c([2H])c([2H])c(-c2c3ccccc3c(-c3ccc4oc5c(-c6ccccc6)ccc(-c6ccccc6)c5c4c3)c3ccccc23)c([2H])c1[2H]. The van der Waals surface area contributed by atoms with Gasteiger partial charge >= 0.3 is 0 Å². The minimum absolute atomic E-state index is 0.201. The number of furan rings is 2. The minimum atomic E-state index is -0.403. The molecule has 0 bridgehead atoms. The summed E-state index contributed by atoms with van der Waals surface area (Å²) in [7, 11) is 0. The van der Waals surface area contributed by atoms with E-state index in [-0.39, 0.29) is 29.7 Å². The van der Waals surface area contributed by atoms with E-state index in [4.69, 9.17) is 15.7 Å². The zero-order chi connectivity index (χ0) is 66.3. The molecule has 16 aromatic carbocycles. The van der Waals surface area contributed by atoms with Gasteiger partial charge in [-0.3, -0.25) is 0 Å². The Kier molecular flexibility index (Phi) is 12.5. The minimum Gasteiger partial charge on any atom is -0.456 e. The molecule has 18 rings (SSSR count). The molecule has 0 N–H and O–H groups in total. The lowest BCUT2D eigenvalue weighted by Gasteiger charge is -2.17. The Morgan fingerprint density at radius 3 is 1.15 bits per heavy atom. The summed E-state index contributed by atoms with van der Waals surface area (Å²) in [5, 5.41) is 12.8. The van der Waals surface area contributed by atoms with Crippen LogP contribution >= 0.6 is 0 Å². The van der Waals surface area contributed by atoms with E-state index in [2.05, 4.69) is 250 Å². The molecule has 2 aromatic heterocycles. The van der Waals surface area contributed by atoms with Crippen LogP contribution in [0.1, 0.15) is 32.2 Å². The average molecular weight is 1190 g/mol. The predicted octanol–water partition coefficient (Wildman–Crippen LogP) is 26.2. The van der Waals surface area contributed by atoms with Crippen molar-refractivity contribution in [3.05, 3.63) is 339 Å². The second kappa shape index (κ2) is 23.2. The van der Waals surface area contributed by atoms with Crippen LogP contribution in [0.3, 0.4) is 0 Å². The first-order valence-electron chi connectivity index (χ1n) is 34.3. The van der Waals surface area contributed by atoms with E-state index < -0.39 is 6.04 Å². The summed E-state index contributed by atoms with van der Waals surface area (Å²) in [4.78, 5) is 0. The van der Waals surface area contributed by atoms with Gasteiger partial charge in [0.1, 0.15) is 22.3 Å². The van der Waals surface area contributed by atoms with Crippen molar-refractivity contribution in [2.24, 2.45) is 0 Å². The molecule has 0 saturated carbocycles. The largest absolute Gasteiger partial charge is 0.456 e. The fourth-order valence-electron chi connectivity index (χ4n) is 14.3. The highest BCUT2D eigenvalue weighted by molar-refractivity contribution is 6.25. The summed E-state index contributed by atoms with van der Waals surface area (Å²) in [6.45, 7) is 4.47. The maximum Gasteiger partial charge on any atom is 0.143 e. The topological polar surface area (TPSA) is 26.3 Å². The summed E-state index contributed by atoms with van der Waals surface area (Å²) in [5.41, 5.74) is 21.7. The van der Waals surface area contributed by atoms with Crippen LogP contribution in [0.2, 0.25) is 0 Å². The maximum atomic E-state index is 8.88. The van der Waals surface area contributed by atoms with Crippen molar-refractivity contribution in [3.8, 4) is 89.0 Å². The molecular weight excluding hydrogens is 1120 g/mol. The van der Waals surface area contributed by atoms with E-state index in [0.717, 1.165) is 104 Å². The summed E-state index contributed by atoms with van der Waals surface area (Å²) >= 11 is 0. The summed E-state index contributed by atoms with van der Waals surface area (Å²) in [5.74, 6) is 0.511. The Balaban J connectivity index is 0.000000147. The zero-order valence-corrected chi connectivity index (χ0v) is 51.3. The van der Waals surface area contributed by atoms with Crippen LogP contribution in [-0.4, -0.2) is 0 Å². The third-order valence-electron chi connectivity index (χ3n) is 18.6. The Bertz CT molecular complexity index is 6050. The van der Waals surface area contributed by atoms with Crippen molar-refractivity contribution in [1.29, 1.82) is 0 Å². The van der Waals surface area contributed by atoms with Gasteiger partial charge in [0.15, 0.2) is 0 Å². The quantitative estimate of drug-likeness (QED) is 0.135. The molecule has 2 heterocycles. The first kappa shape index (κ1) is 50.0. The highest BCUT2D eigenvalue weighted by Gasteiger charge is 2.23. The molecule has 93 heavy (non-hydrogen) atoms. The first-order chi connectivity index (χ1) is 48.1. The van der Waals surface area contributed by atoms with E-state index in [1.807, 2.05) is 66.7 Å². The Morgan fingerprint density at radius 1 is 0.247 bits per heavy atom. The molecular formula is C91H62O2. The van der Waals surface area contributed by atoms with Crippen molar-refractivity contribution >= 4 is 87.0 Å². The predicted molar refractivity (Wildman–Crippen MR) is 395 cm³/mol. The molecule has 2 heteroatoms. The molecule has 0 fully saturated rings. The van der Waals surface area contributed by atoms with Gasteiger partial charge in [0.25, 0.3) is 0 Å². The fourth-order valence-corrected chi connectivity index (χ4v) is 14.3. The van der Waals surface area contributed by atoms with E-state index in [1.165, 1.54) is 66.1 Å². The van der Waals surface area contributed by atoms with Gasteiger partial charge in [0.2, 0.25) is 0 Å². The van der Waals surface area contributed by atoms with Crippen LogP contribution in [0.25, 0.3) is 176 Å². The lowest BCUT2D eigenvalue weighted by Crippen LogP contribution is -1.90. The molecule has 0 amide bonds. The highest BCUT2D eigenvalue weighted by atomic mass is 16.3. The van der Waals surface area contributed by atoms with Gasteiger partial charge in [0.05, 0.1) is 6.85 Å². The molecule has 18 aromatic rings. The fraction of sp³-hybridized carbons (Fsp3) is 0.0330. The standard InChI is InChI=1S/C47H34O.C44H28O/c1-30(2)31-20-22-32(23-21-31)36-14-6-7-15-37(36)34-24-26-38-43-28-35(25-27-44(43)48-45(38)29-34)47-41-18-10-8-16-39(41)46(33-12-4-3-5-13-33)40-17-9-11-19-42(40)47;1-4-14-29(15-5-1)33-25-26-34(30-16-6-2-7-17-30)44-43(33)39-28-32(24-27-40(39)45-44)42-37-22-12-10-20-35(37)41(31-18-8-3-9-19-31)36-21-11-13-23-38(36)42/h3-30H,1-2H3;1-28H/i;3D,8D,9D,18D,19D. The third kappa shape index (κ3) is 9.66. The number of hydrogen-bond acceptors (Lipinski definition) is 2. The monoisotopic (exact) mass is 1190 g/mol. The molecule has 0 atom stereocenters. The number of fused-ring (bicyclic) bond motifs is 10. The van der Waals surface area contributed by atoms with Gasteiger partial charge < -0.3 is 8.83 Å². The van der Waals surface area contributed by atoms with Crippen LogP contribution in [0, 0.1) is 0 Å². The molecule has 438 valence electrons. The van der Waals surface area contributed by atoms with Crippen molar-refractivity contribution in [3.63, 3.8) is 0 Å². The van der Waals surface area contributed by atoms with Crippen molar-refractivity contribution in [2.45, 2.75) is 19.8 Å². The molecule has 0 aliphatic heterocycles. The van der Waals surface area contributed by atoms with Crippen LogP contribution < -0.4 is 0 Å². The van der Waals surface area contributed by atoms with E-state index >= 15 is 0 Å². The normalized spacial score (nSPS) is 12.4. The number of rotatable bonds is 9. The first-order valence-corrected chi connectivity index (χ1v) is 31.8. The smallest absolute Gasteiger partial charge is 0.143 e. The van der Waals surface area contributed by atoms with Gasteiger partial charge in [0, 0.05) is 27.1 Å². The summed E-state index contributed by atoms with van der Waals surface area (Å²) < 4.78 is 56.1. The molecule has 0 aliphatic carbocycles. The molecule has 0 aliphatic rings. The van der Waals surface area contributed by atoms with E-state index in [1.54, 1.807) is 0 Å². The Labute approximate surface area is 547 Å². The van der Waals surface area contributed by atoms with Gasteiger partial charge in [-0.05, 0) is 180 Å². The zero-order valence-electron chi connectivity index (χ0n) is 56.3. The lowest BCUT2D eigenvalue weighted by atomic mass is 9.85. The lowest BCUT2D eigenvalue weighted by molar-refractivity contribution is 0.669. The molecule has 0 saturated heterocycles. The van der Waals surface area contributed by atoms with Gasteiger partial charge in [-0.25, -0.2) is 0 Å². The van der Waals surface area contributed by atoms with Crippen LogP contribution in [0.15, 0.2) is 342 Å². The Hall–Kier alpha value is -11.8. The van der Waals surface area contributed by atoms with Crippen molar-refractivity contribution < 1.29 is 15.7 Å². The van der Waals surface area contributed by atoms with Gasteiger partial charge in [-0.1, -0.05) is 305 Å². The van der Waals surface area contributed by atoms with Gasteiger partial charge in [-0.2, -0.15) is 0 Å². The molecule has 0 radical (unpaired) electrons. The van der Waals surface area contributed by atoms with E-state index in [0.29, 0.717) is 11.5 Å². The molecule has 0 unspecified atom stereocenters. The summed E-state index contributed by atoms with van der Waals surface area (Å²) in [6.07, 6.45) is 0. The third-order valence-corrected chi connectivity index (χ3v) is 18.6. The van der Waals surface area contributed by atoms with Crippen LogP contribution in [0.5, 0.6) is 0 Å². The van der Waals surface area contributed by atoms with E-state index in [9.17, 15) is 0 Å². The Morgan fingerprint density at radius 2 is 0.634 bits per heavy atom. The van der Waals surface area contributed by atoms with Crippen molar-refractivity contribution in [2.75, 3.05) is 0 Å². The van der Waals surface area contributed by atoms with Crippen molar-refractivity contribution in [1.82, 2.24) is 0 Å². The summed E-state index contributed by atoms with van der Waals surface area (Å²) in [6, 6.07) is 105. The highest BCUT2D eigenvalue weighted by Crippen LogP contribution is 2.49. The second-order valence-corrected chi connectivity index (χ2v) is 24.3. The van der Waals surface area contributed by atoms with Crippen LogP contribution in [0.4, 0.5) is 0 Å². The van der Waals surface area contributed by atoms with Crippen LogP contribution in [-0.2, 0) is 0 Å². The average Bonchev–Trinajstić information content (AvgIpc) is 1.05. The maximum absolute atomic E-state index is 8.88.